The summed E-state index contributed by atoms with van der Waals surface area (Å²) in [6, 6.07) is 13.1. The third-order valence-corrected chi connectivity index (χ3v) is 3.61. The maximum atomic E-state index is 11.7. The third-order valence-electron chi connectivity index (χ3n) is 2.88. The first-order chi connectivity index (χ1) is 10.5. The Kier molecular flexibility index (Phi) is 5.98. The van der Waals surface area contributed by atoms with Gasteiger partial charge in [0.05, 0.1) is 12.8 Å². The van der Waals surface area contributed by atoms with E-state index in [1.807, 2.05) is 43.3 Å². The molecule has 2 N–H and O–H groups in total. The van der Waals surface area contributed by atoms with Gasteiger partial charge in [-0.2, -0.15) is 5.10 Å². The van der Waals surface area contributed by atoms with Crippen molar-refractivity contribution in [3.05, 3.63) is 63.1 Å². The minimum absolute atomic E-state index is 0.137. The topological polar surface area (TPSA) is 53.5 Å². The molecule has 0 saturated carbocycles. The first-order valence-corrected chi connectivity index (χ1v) is 7.79. The maximum absolute atomic E-state index is 11.7. The molecule has 0 aliphatic rings. The number of carbonyl (C=O) groups excluding carboxylic acids is 1. The Morgan fingerprint density at radius 1 is 1.32 bits per heavy atom. The summed E-state index contributed by atoms with van der Waals surface area (Å²) in [6.07, 6.45) is 1.59. The Bertz CT molecular complexity index is 704. The Labute approximate surface area is 142 Å². The van der Waals surface area contributed by atoms with Crippen LogP contribution in [-0.4, -0.2) is 18.7 Å². The van der Waals surface area contributed by atoms with Gasteiger partial charge in [0.15, 0.2) is 0 Å². The van der Waals surface area contributed by atoms with Crippen LogP contribution in [-0.2, 0) is 4.79 Å². The van der Waals surface area contributed by atoms with Crippen LogP contribution < -0.4 is 10.7 Å². The van der Waals surface area contributed by atoms with Gasteiger partial charge in [0.25, 0.3) is 5.91 Å². The molecule has 4 nitrogen and oxygen atoms in total. The molecule has 0 spiro atoms. The van der Waals surface area contributed by atoms with Gasteiger partial charge in [-0.3, -0.25) is 4.79 Å². The fourth-order valence-electron chi connectivity index (χ4n) is 1.81. The summed E-state index contributed by atoms with van der Waals surface area (Å²) in [6.45, 7) is 2.07. The summed E-state index contributed by atoms with van der Waals surface area (Å²) in [4.78, 5) is 11.7. The standard InChI is InChI=1S/C16H15BrClN3O/c1-11-7-14(18)5-6-15(11)19-10-16(22)21-20-9-12-3-2-4-13(17)8-12/h2-9,19H,10H2,1H3,(H,21,22). The number of nitrogens with zero attached hydrogens (tertiary/aromatic N) is 1. The van der Waals surface area contributed by atoms with Gasteiger partial charge < -0.3 is 5.32 Å². The largest absolute Gasteiger partial charge is 0.376 e. The number of hydrazone groups is 1. The van der Waals surface area contributed by atoms with Crippen molar-refractivity contribution in [3.8, 4) is 0 Å². The molecule has 22 heavy (non-hydrogen) atoms. The summed E-state index contributed by atoms with van der Waals surface area (Å²) in [7, 11) is 0. The van der Waals surface area contributed by atoms with E-state index in [2.05, 4.69) is 31.8 Å². The van der Waals surface area contributed by atoms with Crippen LogP contribution in [0.1, 0.15) is 11.1 Å². The van der Waals surface area contributed by atoms with Crippen molar-refractivity contribution in [3.63, 3.8) is 0 Å². The number of rotatable bonds is 5. The molecule has 2 rings (SSSR count). The number of halogens is 2. The summed E-state index contributed by atoms with van der Waals surface area (Å²) < 4.78 is 0.961. The Balaban J connectivity index is 1.83. The summed E-state index contributed by atoms with van der Waals surface area (Å²) in [5, 5.41) is 7.64. The fraction of sp³-hybridized carbons (Fsp3) is 0.125. The highest BCUT2D eigenvalue weighted by Gasteiger charge is 2.02. The number of anilines is 1. The SMILES string of the molecule is Cc1cc(Cl)ccc1NCC(=O)NN=Cc1cccc(Br)c1. The molecule has 0 unspecified atom stereocenters. The number of benzene rings is 2. The predicted octanol–water partition coefficient (Wildman–Crippen LogP) is 3.97. The van der Waals surface area contributed by atoms with E-state index in [4.69, 9.17) is 11.6 Å². The van der Waals surface area contributed by atoms with Gasteiger partial charge in [-0.05, 0) is 48.4 Å². The highest BCUT2D eigenvalue weighted by molar-refractivity contribution is 9.10. The molecule has 0 aliphatic carbocycles. The van der Waals surface area contributed by atoms with E-state index in [-0.39, 0.29) is 12.5 Å². The molecular formula is C16H15BrClN3O. The molecule has 2 aromatic rings. The van der Waals surface area contributed by atoms with Gasteiger partial charge in [-0.1, -0.05) is 39.7 Å². The molecule has 0 heterocycles. The van der Waals surface area contributed by atoms with Gasteiger partial charge in [0.1, 0.15) is 0 Å². The molecule has 114 valence electrons. The summed E-state index contributed by atoms with van der Waals surface area (Å²) in [5.74, 6) is -0.222. The molecule has 6 heteroatoms. The minimum atomic E-state index is -0.222. The number of carbonyl (C=O) groups is 1. The molecule has 0 radical (unpaired) electrons. The van der Waals surface area contributed by atoms with E-state index in [0.717, 1.165) is 21.3 Å². The van der Waals surface area contributed by atoms with Gasteiger partial charge in [-0.15, -0.1) is 0 Å². The summed E-state index contributed by atoms with van der Waals surface area (Å²) in [5.41, 5.74) is 5.23. The van der Waals surface area contributed by atoms with Crippen LogP contribution in [0.2, 0.25) is 5.02 Å². The average molecular weight is 381 g/mol. The van der Waals surface area contributed by atoms with E-state index in [1.54, 1.807) is 12.3 Å². The molecule has 0 aliphatic heterocycles. The van der Waals surface area contributed by atoms with Crippen LogP contribution in [0.25, 0.3) is 0 Å². The van der Waals surface area contributed by atoms with E-state index in [9.17, 15) is 4.79 Å². The molecule has 1 amide bonds. The zero-order valence-corrected chi connectivity index (χ0v) is 14.3. The lowest BCUT2D eigenvalue weighted by atomic mass is 10.2. The van der Waals surface area contributed by atoms with Gasteiger partial charge in [-0.25, -0.2) is 5.43 Å². The van der Waals surface area contributed by atoms with Crippen LogP contribution >= 0.6 is 27.5 Å². The molecule has 0 fully saturated rings. The van der Waals surface area contributed by atoms with E-state index in [0.29, 0.717) is 5.02 Å². The zero-order valence-electron chi connectivity index (χ0n) is 11.9. The van der Waals surface area contributed by atoms with Gasteiger partial charge in [0.2, 0.25) is 0 Å². The Hall–Kier alpha value is -1.85. The molecule has 2 aromatic carbocycles. The van der Waals surface area contributed by atoms with E-state index >= 15 is 0 Å². The number of hydrogen-bond acceptors (Lipinski definition) is 3. The van der Waals surface area contributed by atoms with Crippen molar-refractivity contribution in [1.82, 2.24) is 5.43 Å². The first-order valence-electron chi connectivity index (χ1n) is 6.62. The number of aryl methyl sites for hydroxylation is 1. The first kappa shape index (κ1) is 16.5. The molecule has 0 aromatic heterocycles. The zero-order chi connectivity index (χ0) is 15.9. The van der Waals surface area contributed by atoms with Gasteiger partial charge in [0, 0.05) is 15.2 Å². The second-order valence-corrected chi connectivity index (χ2v) is 6.01. The van der Waals surface area contributed by atoms with Crippen molar-refractivity contribution >= 4 is 45.3 Å². The van der Waals surface area contributed by atoms with Crippen LogP contribution in [0, 0.1) is 6.92 Å². The lowest BCUT2D eigenvalue weighted by molar-refractivity contribution is -0.119. The van der Waals surface area contributed by atoms with Crippen LogP contribution in [0.4, 0.5) is 5.69 Å². The van der Waals surface area contributed by atoms with Gasteiger partial charge >= 0.3 is 0 Å². The van der Waals surface area contributed by atoms with E-state index in [1.165, 1.54) is 0 Å². The molecule has 0 bridgehead atoms. The normalized spacial score (nSPS) is 10.7. The van der Waals surface area contributed by atoms with Crippen molar-refractivity contribution in [1.29, 1.82) is 0 Å². The Morgan fingerprint density at radius 3 is 2.86 bits per heavy atom. The third kappa shape index (κ3) is 5.16. The van der Waals surface area contributed by atoms with Crippen molar-refractivity contribution in [2.75, 3.05) is 11.9 Å². The highest BCUT2D eigenvalue weighted by atomic mass is 79.9. The average Bonchev–Trinajstić information content (AvgIpc) is 2.46. The smallest absolute Gasteiger partial charge is 0.259 e. The molecule has 0 atom stereocenters. The quantitative estimate of drug-likeness (QED) is 0.609. The van der Waals surface area contributed by atoms with Crippen LogP contribution in [0.5, 0.6) is 0 Å². The lowest BCUT2D eigenvalue weighted by Crippen LogP contribution is -2.26. The number of nitrogens with one attached hydrogen (secondary N) is 2. The van der Waals surface area contributed by atoms with Crippen LogP contribution in [0.3, 0.4) is 0 Å². The second-order valence-electron chi connectivity index (χ2n) is 4.66. The van der Waals surface area contributed by atoms with Crippen molar-refractivity contribution in [2.45, 2.75) is 6.92 Å². The highest BCUT2D eigenvalue weighted by Crippen LogP contribution is 2.19. The van der Waals surface area contributed by atoms with Crippen molar-refractivity contribution < 1.29 is 4.79 Å². The fourth-order valence-corrected chi connectivity index (χ4v) is 2.45. The predicted molar refractivity (Wildman–Crippen MR) is 94.6 cm³/mol. The number of hydrogen-bond donors (Lipinski definition) is 2. The van der Waals surface area contributed by atoms with Crippen molar-refractivity contribution in [2.24, 2.45) is 5.10 Å². The second kappa shape index (κ2) is 7.96. The maximum Gasteiger partial charge on any atom is 0.259 e. The molecular weight excluding hydrogens is 366 g/mol. The minimum Gasteiger partial charge on any atom is -0.376 e. The monoisotopic (exact) mass is 379 g/mol. The summed E-state index contributed by atoms with van der Waals surface area (Å²) >= 11 is 9.27. The molecule has 0 saturated heterocycles. The van der Waals surface area contributed by atoms with E-state index < -0.39 is 0 Å². The van der Waals surface area contributed by atoms with Crippen LogP contribution in [0.15, 0.2) is 52.0 Å². The number of amides is 1. The Morgan fingerprint density at radius 2 is 2.14 bits per heavy atom. The lowest BCUT2D eigenvalue weighted by Gasteiger charge is -2.08.